The number of rotatable bonds is 7. The highest BCUT2D eigenvalue weighted by Gasteiger charge is 2.27. The Hall–Kier alpha value is -0.380. The second-order valence-corrected chi connectivity index (χ2v) is 7.34. The van der Waals surface area contributed by atoms with Crippen molar-refractivity contribution in [1.29, 1.82) is 0 Å². The standard InChI is InChI=1S/C16H22I2N2O2/c1-10-5-11(2)7-13(6-10)14(15(19)21)22-20-12(3)16(4,8-17)9-18/h5-7,14H,8-9H2,1-4H3,(H2,19,21)/b20-12+. The summed E-state index contributed by atoms with van der Waals surface area (Å²) in [4.78, 5) is 17.3. The Morgan fingerprint density at radius 2 is 1.77 bits per heavy atom. The van der Waals surface area contributed by atoms with Crippen molar-refractivity contribution in [2.45, 2.75) is 33.8 Å². The summed E-state index contributed by atoms with van der Waals surface area (Å²) in [5.41, 5.74) is 9.18. The van der Waals surface area contributed by atoms with E-state index in [1.807, 2.05) is 39.0 Å². The number of oxime groups is 1. The maximum atomic E-state index is 11.7. The summed E-state index contributed by atoms with van der Waals surface area (Å²) in [6.45, 7) is 8.01. The van der Waals surface area contributed by atoms with Gasteiger partial charge in [0.15, 0.2) is 0 Å². The molecule has 1 aromatic rings. The van der Waals surface area contributed by atoms with Crippen LogP contribution in [0.3, 0.4) is 0 Å². The third kappa shape index (κ3) is 5.07. The molecule has 1 unspecified atom stereocenters. The molecule has 1 rings (SSSR count). The smallest absolute Gasteiger partial charge is 0.266 e. The van der Waals surface area contributed by atoms with Gasteiger partial charge in [0.25, 0.3) is 5.91 Å². The lowest BCUT2D eigenvalue weighted by atomic mass is 9.91. The number of nitrogens with two attached hydrogens (primary N) is 1. The van der Waals surface area contributed by atoms with E-state index in [0.29, 0.717) is 0 Å². The fourth-order valence-electron chi connectivity index (χ4n) is 1.91. The van der Waals surface area contributed by atoms with Crippen molar-refractivity contribution in [3.8, 4) is 0 Å². The summed E-state index contributed by atoms with van der Waals surface area (Å²) >= 11 is 4.68. The van der Waals surface area contributed by atoms with E-state index in [0.717, 1.165) is 31.3 Å². The van der Waals surface area contributed by atoms with Gasteiger partial charge in [0, 0.05) is 19.8 Å². The SMILES string of the molecule is C/C(=N\OC(C(N)=O)c1cc(C)cc(C)c1)C(C)(CI)CI. The molecule has 22 heavy (non-hydrogen) atoms. The summed E-state index contributed by atoms with van der Waals surface area (Å²) in [5.74, 6) is -0.535. The van der Waals surface area contributed by atoms with E-state index in [1.165, 1.54) is 0 Å². The number of amides is 1. The van der Waals surface area contributed by atoms with E-state index >= 15 is 0 Å². The first-order chi connectivity index (χ1) is 10.2. The zero-order valence-corrected chi connectivity index (χ0v) is 17.6. The minimum atomic E-state index is -0.860. The molecule has 0 aliphatic carbocycles. The number of hydrogen-bond acceptors (Lipinski definition) is 3. The van der Waals surface area contributed by atoms with Gasteiger partial charge in [-0.25, -0.2) is 0 Å². The number of halogens is 2. The molecular weight excluding hydrogens is 506 g/mol. The van der Waals surface area contributed by atoms with E-state index < -0.39 is 12.0 Å². The molecule has 0 bridgehead atoms. The van der Waals surface area contributed by atoms with Gasteiger partial charge in [-0.1, -0.05) is 86.6 Å². The van der Waals surface area contributed by atoms with Crippen LogP contribution in [0, 0.1) is 19.3 Å². The normalized spacial score (nSPS) is 13.8. The first-order valence-corrected chi connectivity index (χ1v) is 9.99. The van der Waals surface area contributed by atoms with Crippen molar-refractivity contribution in [1.82, 2.24) is 0 Å². The average Bonchev–Trinajstić information content (AvgIpc) is 2.45. The summed E-state index contributed by atoms with van der Waals surface area (Å²) in [6, 6.07) is 5.85. The number of aryl methyl sites for hydroxylation is 2. The van der Waals surface area contributed by atoms with Gasteiger partial charge < -0.3 is 10.6 Å². The topological polar surface area (TPSA) is 64.7 Å². The van der Waals surface area contributed by atoms with Gasteiger partial charge in [-0.3, -0.25) is 4.79 Å². The maximum absolute atomic E-state index is 11.7. The molecule has 0 spiro atoms. The monoisotopic (exact) mass is 528 g/mol. The molecular formula is C16H22I2N2O2. The molecule has 0 aliphatic heterocycles. The zero-order chi connectivity index (χ0) is 16.9. The fourth-order valence-corrected chi connectivity index (χ4v) is 4.58. The van der Waals surface area contributed by atoms with Gasteiger partial charge in [0.05, 0.1) is 5.71 Å². The molecule has 0 heterocycles. The molecule has 0 aromatic heterocycles. The van der Waals surface area contributed by atoms with Crippen LogP contribution in [0.15, 0.2) is 23.4 Å². The number of primary amides is 1. The minimum absolute atomic E-state index is 0.0498. The molecule has 1 amide bonds. The van der Waals surface area contributed by atoms with Crippen LogP contribution in [0.1, 0.15) is 36.6 Å². The Kier molecular flexibility index (Phi) is 7.57. The zero-order valence-electron chi connectivity index (χ0n) is 13.3. The highest BCUT2D eigenvalue weighted by Crippen LogP contribution is 2.27. The summed E-state index contributed by atoms with van der Waals surface area (Å²) < 4.78 is 1.86. The van der Waals surface area contributed by atoms with Crippen LogP contribution in [0.2, 0.25) is 0 Å². The fraction of sp³-hybridized carbons (Fsp3) is 0.500. The number of alkyl halides is 2. The van der Waals surface area contributed by atoms with Crippen molar-refractivity contribution >= 4 is 56.8 Å². The van der Waals surface area contributed by atoms with Crippen LogP contribution in [0.4, 0.5) is 0 Å². The second-order valence-electron chi connectivity index (χ2n) is 5.81. The number of carbonyl (C=O) groups excluding carboxylic acids is 1. The molecule has 2 N–H and O–H groups in total. The lowest BCUT2D eigenvalue weighted by molar-refractivity contribution is -0.129. The Bertz CT molecular complexity index is 549. The minimum Gasteiger partial charge on any atom is -0.378 e. The van der Waals surface area contributed by atoms with Crippen molar-refractivity contribution in [3.63, 3.8) is 0 Å². The van der Waals surface area contributed by atoms with E-state index in [4.69, 9.17) is 10.6 Å². The second kappa shape index (κ2) is 8.47. The Labute approximate surface area is 159 Å². The Morgan fingerprint density at radius 1 is 1.27 bits per heavy atom. The third-order valence-electron chi connectivity index (χ3n) is 3.56. The lowest BCUT2D eigenvalue weighted by Crippen LogP contribution is -2.30. The van der Waals surface area contributed by atoms with Crippen molar-refractivity contribution in [2.24, 2.45) is 16.3 Å². The Morgan fingerprint density at radius 3 is 2.18 bits per heavy atom. The van der Waals surface area contributed by atoms with Gasteiger partial charge in [-0.2, -0.15) is 0 Å². The number of hydrogen-bond donors (Lipinski definition) is 1. The Balaban J connectivity index is 3.06. The lowest BCUT2D eigenvalue weighted by Gasteiger charge is -2.24. The first-order valence-electron chi connectivity index (χ1n) is 6.94. The predicted molar refractivity (Wildman–Crippen MR) is 108 cm³/mol. The van der Waals surface area contributed by atoms with E-state index in [9.17, 15) is 4.79 Å². The van der Waals surface area contributed by atoms with Crippen molar-refractivity contribution < 1.29 is 9.63 Å². The average molecular weight is 528 g/mol. The highest BCUT2D eigenvalue weighted by molar-refractivity contribution is 14.1. The van der Waals surface area contributed by atoms with E-state index in [2.05, 4.69) is 57.3 Å². The molecule has 0 aliphatic rings. The van der Waals surface area contributed by atoms with Crippen LogP contribution in [0.25, 0.3) is 0 Å². The van der Waals surface area contributed by atoms with E-state index in [1.54, 1.807) is 0 Å². The van der Waals surface area contributed by atoms with Gasteiger partial charge >= 0.3 is 0 Å². The van der Waals surface area contributed by atoms with Crippen molar-refractivity contribution in [3.05, 3.63) is 34.9 Å². The molecule has 1 atom stereocenters. The molecule has 1 aromatic carbocycles. The van der Waals surface area contributed by atoms with Crippen LogP contribution in [-0.2, 0) is 9.63 Å². The summed E-state index contributed by atoms with van der Waals surface area (Å²) in [5, 5.41) is 4.20. The largest absolute Gasteiger partial charge is 0.378 e. The molecule has 0 radical (unpaired) electrons. The third-order valence-corrected chi connectivity index (χ3v) is 6.93. The quantitative estimate of drug-likeness (QED) is 0.251. The molecule has 0 saturated heterocycles. The summed E-state index contributed by atoms with van der Waals surface area (Å²) in [7, 11) is 0. The number of carbonyl (C=O) groups is 1. The van der Waals surface area contributed by atoms with Gasteiger partial charge in [-0.05, 0) is 20.8 Å². The first kappa shape index (κ1) is 19.7. The molecule has 0 saturated carbocycles. The predicted octanol–water partition coefficient (Wildman–Crippen LogP) is 4.10. The van der Waals surface area contributed by atoms with Crippen LogP contribution >= 0.6 is 45.2 Å². The van der Waals surface area contributed by atoms with Crippen molar-refractivity contribution in [2.75, 3.05) is 8.86 Å². The van der Waals surface area contributed by atoms with Gasteiger partial charge in [-0.15, -0.1) is 0 Å². The maximum Gasteiger partial charge on any atom is 0.266 e. The van der Waals surface area contributed by atoms with Gasteiger partial charge in [0.1, 0.15) is 0 Å². The van der Waals surface area contributed by atoms with Crippen LogP contribution in [0.5, 0.6) is 0 Å². The molecule has 4 nitrogen and oxygen atoms in total. The summed E-state index contributed by atoms with van der Waals surface area (Å²) in [6.07, 6.45) is -0.860. The van der Waals surface area contributed by atoms with E-state index in [-0.39, 0.29) is 5.41 Å². The molecule has 0 fully saturated rings. The van der Waals surface area contributed by atoms with Crippen LogP contribution < -0.4 is 5.73 Å². The number of benzene rings is 1. The van der Waals surface area contributed by atoms with Gasteiger partial charge in [0.2, 0.25) is 6.10 Å². The van der Waals surface area contributed by atoms with Crippen LogP contribution in [-0.4, -0.2) is 20.5 Å². The molecule has 6 heteroatoms. The molecule has 122 valence electrons. The number of nitrogens with zero attached hydrogens (tertiary/aromatic N) is 1. The highest BCUT2D eigenvalue weighted by atomic mass is 127.